The van der Waals surface area contributed by atoms with Gasteiger partial charge in [-0.15, -0.1) is 0 Å². The second-order valence-electron chi connectivity index (χ2n) is 6.33. The molecule has 2 N–H and O–H groups in total. The van der Waals surface area contributed by atoms with Crippen molar-refractivity contribution in [3.05, 3.63) is 101 Å². The largest absolute Gasteiger partial charge is 0.484 e. The molecule has 7 heteroatoms. The van der Waals surface area contributed by atoms with Crippen molar-refractivity contribution in [2.75, 3.05) is 6.61 Å². The maximum atomic E-state index is 12.0. The predicted octanol–water partition coefficient (Wildman–Crippen LogP) is 3.80. The number of halogens is 1. The van der Waals surface area contributed by atoms with E-state index in [9.17, 15) is 9.59 Å². The Labute approximate surface area is 179 Å². The number of carbonyl (C=O) groups excluding carboxylic acids is 2. The average molecular weight is 422 g/mol. The van der Waals surface area contributed by atoms with Gasteiger partial charge in [-0.25, -0.2) is 5.43 Å². The molecule has 3 aromatic rings. The molecule has 3 rings (SSSR count). The molecular weight excluding hydrogens is 402 g/mol. The Bertz CT molecular complexity index is 1020. The summed E-state index contributed by atoms with van der Waals surface area (Å²) < 4.78 is 5.48. The minimum absolute atomic E-state index is 0.0735. The molecule has 0 saturated heterocycles. The summed E-state index contributed by atoms with van der Waals surface area (Å²) in [5.41, 5.74) is 4.66. The number of nitrogens with one attached hydrogen (secondary N) is 2. The molecule has 0 aliphatic heterocycles. The normalized spacial score (nSPS) is 10.6. The lowest BCUT2D eigenvalue weighted by Crippen LogP contribution is -2.28. The van der Waals surface area contributed by atoms with Crippen LogP contribution in [0.5, 0.6) is 5.75 Å². The van der Waals surface area contributed by atoms with E-state index < -0.39 is 0 Å². The summed E-state index contributed by atoms with van der Waals surface area (Å²) in [6.07, 6.45) is 1.51. The van der Waals surface area contributed by atoms with E-state index in [0.717, 1.165) is 11.1 Å². The van der Waals surface area contributed by atoms with Crippen LogP contribution in [0, 0.1) is 0 Å². The zero-order chi connectivity index (χ0) is 21.2. The molecule has 0 radical (unpaired) electrons. The van der Waals surface area contributed by atoms with Crippen LogP contribution in [-0.4, -0.2) is 24.6 Å². The summed E-state index contributed by atoms with van der Waals surface area (Å²) in [4.78, 5) is 23.9. The highest BCUT2D eigenvalue weighted by Gasteiger charge is 2.05. The highest BCUT2D eigenvalue weighted by atomic mass is 35.5. The summed E-state index contributed by atoms with van der Waals surface area (Å²) in [7, 11) is 0. The molecule has 2 amide bonds. The third-order valence-electron chi connectivity index (χ3n) is 4.05. The number of amides is 2. The standard InChI is InChI=1S/C23H20ClN3O3/c24-20-8-4-7-19(13-20)23(29)27-26-15-18-9-11-21(12-10-18)30-16-22(28)25-14-17-5-2-1-3-6-17/h1-13,15H,14,16H2,(H,25,28)(H,27,29)/b26-15-. The SMILES string of the molecule is O=C(COc1ccc(/C=N\NC(=O)c2cccc(Cl)c2)cc1)NCc1ccccc1. The van der Waals surface area contributed by atoms with Crippen LogP contribution in [0.1, 0.15) is 21.5 Å². The minimum Gasteiger partial charge on any atom is -0.484 e. The first-order valence-corrected chi connectivity index (χ1v) is 9.60. The van der Waals surface area contributed by atoms with Gasteiger partial charge in [0.2, 0.25) is 0 Å². The second-order valence-corrected chi connectivity index (χ2v) is 6.77. The van der Waals surface area contributed by atoms with Gasteiger partial charge in [-0.3, -0.25) is 9.59 Å². The van der Waals surface area contributed by atoms with Crippen molar-refractivity contribution >= 4 is 29.6 Å². The maximum Gasteiger partial charge on any atom is 0.271 e. The number of nitrogens with zero attached hydrogens (tertiary/aromatic N) is 1. The lowest BCUT2D eigenvalue weighted by molar-refractivity contribution is -0.123. The van der Waals surface area contributed by atoms with Crippen LogP contribution in [0.25, 0.3) is 0 Å². The van der Waals surface area contributed by atoms with Crippen LogP contribution in [0.3, 0.4) is 0 Å². The van der Waals surface area contributed by atoms with Gasteiger partial charge in [0.1, 0.15) is 5.75 Å². The van der Waals surface area contributed by atoms with Crippen molar-refractivity contribution in [1.82, 2.24) is 10.7 Å². The first-order chi connectivity index (χ1) is 14.6. The van der Waals surface area contributed by atoms with Gasteiger partial charge in [-0.1, -0.05) is 48.0 Å². The smallest absolute Gasteiger partial charge is 0.271 e. The molecule has 0 atom stereocenters. The van der Waals surface area contributed by atoms with Crippen molar-refractivity contribution in [1.29, 1.82) is 0 Å². The minimum atomic E-state index is -0.352. The third-order valence-corrected chi connectivity index (χ3v) is 4.28. The van der Waals surface area contributed by atoms with Gasteiger partial charge in [0.05, 0.1) is 6.21 Å². The van der Waals surface area contributed by atoms with Crippen molar-refractivity contribution < 1.29 is 14.3 Å². The molecule has 152 valence electrons. The van der Waals surface area contributed by atoms with Gasteiger partial charge in [-0.2, -0.15) is 5.10 Å². The number of hydrazone groups is 1. The summed E-state index contributed by atoms with van der Waals surface area (Å²) in [6, 6.07) is 23.3. The van der Waals surface area contributed by atoms with E-state index in [1.165, 1.54) is 6.21 Å². The highest BCUT2D eigenvalue weighted by molar-refractivity contribution is 6.30. The third kappa shape index (κ3) is 6.76. The van der Waals surface area contributed by atoms with E-state index in [2.05, 4.69) is 15.8 Å². The highest BCUT2D eigenvalue weighted by Crippen LogP contribution is 2.12. The number of rotatable bonds is 8. The second kappa shape index (κ2) is 10.8. The van der Waals surface area contributed by atoms with E-state index in [1.54, 1.807) is 48.5 Å². The molecule has 0 aliphatic carbocycles. The quantitative estimate of drug-likeness (QED) is 0.429. The van der Waals surface area contributed by atoms with Gasteiger partial charge in [0.25, 0.3) is 11.8 Å². The molecule has 0 fully saturated rings. The summed E-state index contributed by atoms with van der Waals surface area (Å²) in [6.45, 7) is 0.384. The molecule has 3 aromatic carbocycles. The fraction of sp³-hybridized carbons (Fsp3) is 0.0870. The molecule has 6 nitrogen and oxygen atoms in total. The zero-order valence-electron chi connectivity index (χ0n) is 16.0. The van der Waals surface area contributed by atoms with Crippen LogP contribution in [-0.2, 0) is 11.3 Å². The fourth-order valence-corrected chi connectivity index (χ4v) is 2.70. The van der Waals surface area contributed by atoms with E-state index >= 15 is 0 Å². The number of ether oxygens (including phenoxy) is 1. The Morgan fingerprint density at radius 1 is 0.967 bits per heavy atom. The summed E-state index contributed by atoms with van der Waals surface area (Å²) >= 11 is 5.87. The molecule has 0 spiro atoms. The lowest BCUT2D eigenvalue weighted by atomic mass is 10.2. The van der Waals surface area contributed by atoms with E-state index in [-0.39, 0.29) is 18.4 Å². The van der Waals surface area contributed by atoms with Crippen LogP contribution in [0.2, 0.25) is 5.02 Å². The van der Waals surface area contributed by atoms with Crippen molar-refractivity contribution in [2.24, 2.45) is 5.10 Å². The molecule has 0 heterocycles. The van der Waals surface area contributed by atoms with Gasteiger partial charge < -0.3 is 10.1 Å². The van der Waals surface area contributed by atoms with E-state index in [0.29, 0.717) is 22.9 Å². The van der Waals surface area contributed by atoms with Gasteiger partial charge in [0.15, 0.2) is 6.61 Å². The van der Waals surface area contributed by atoms with Crippen LogP contribution in [0.4, 0.5) is 0 Å². The number of hydrogen-bond acceptors (Lipinski definition) is 4. The molecular formula is C23H20ClN3O3. The summed E-state index contributed by atoms with van der Waals surface area (Å²) in [5, 5.41) is 7.22. The molecule has 0 aliphatic rings. The maximum absolute atomic E-state index is 12.0. The fourth-order valence-electron chi connectivity index (χ4n) is 2.51. The first-order valence-electron chi connectivity index (χ1n) is 9.22. The molecule has 0 unspecified atom stereocenters. The Morgan fingerprint density at radius 3 is 2.47 bits per heavy atom. The van der Waals surface area contributed by atoms with Crippen LogP contribution >= 0.6 is 11.6 Å². The van der Waals surface area contributed by atoms with Gasteiger partial charge in [-0.05, 0) is 53.6 Å². The lowest BCUT2D eigenvalue weighted by Gasteiger charge is -2.08. The number of carbonyl (C=O) groups is 2. The Balaban J connectivity index is 1.42. The van der Waals surface area contributed by atoms with Crippen LogP contribution in [0.15, 0.2) is 84.0 Å². The predicted molar refractivity (Wildman–Crippen MR) is 117 cm³/mol. The monoisotopic (exact) mass is 421 g/mol. The average Bonchev–Trinajstić information content (AvgIpc) is 2.78. The van der Waals surface area contributed by atoms with E-state index in [1.807, 2.05) is 30.3 Å². The zero-order valence-corrected chi connectivity index (χ0v) is 16.8. The van der Waals surface area contributed by atoms with Gasteiger partial charge in [0, 0.05) is 17.1 Å². The molecule has 0 aromatic heterocycles. The Morgan fingerprint density at radius 2 is 1.73 bits per heavy atom. The Hall–Kier alpha value is -3.64. The summed E-state index contributed by atoms with van der Waals surface area (Å²) in [5.74, 6) is 0.00779. The molecule has 30 heavy (non-hydrogen) atoms. The molecule has 0 saturated carbocycles. The van der Waals surface area contributed by atoms with Gasteiger partial charge >= 0.3 is 0 Å². The topological polar surface area (TPSA) is 79.8 Å². The first kappa shape index (κ1) is 21.1. The Kier molecular flexibility index (Phi) is 7.58. The van der Waals surface area contributed by atoms with Crippen molar-refractivity contribution in [3.63, 3.8) is 0 Å². The number of hydrogen-bond donors (Lipinski definition) is 2. The van der Waals surface area contributed by atoms with E-state index in [4.69, 9.17) is 16.3 Å². The van der Waals surface area contributed by atoms with Crippen LogP contribution < -0.4 is 15.5 Å². The number of benzene rings is 3. The van der Waals surface area contributed by atoms with Crippen molar-refractivity contribution in [2.45, 2.75) is 6.54 Å². The van der Waals surface area contributed by atoms with Crippen molar-refractivity contribution in [3.8, 4) is 5.75 Å². The molecule has 0 bridgehead atoms.